The molecular formula is C12H16N2O4S. The van der Waals surface area contributed by atoms with Crippen LogP contribution in [0.1, 0.15) is 18.5 Å². The van der Waals surface area contributed by atoms with Crippen molar-refractivity contribution in [1.29, 1.82) is 0 Å². The number of thiazole rings is 1. The summed E-state index contributed by atoms with van der Waals surface area (Å²) < 4.78 is 9.84. The Hall–Kier alpha value is -1.47. The summed E-state index contributed by atoms with van der Waals surface area (Å²) in [5.41, 5.74) is 0.604. The molecule has 0 saturated carbocycles. The van der Waals surface area contributed by atoms with Crippen LogP contribution in [0.3, 0.4) is 0 Å². The Morgan fingerprint density at radius 3 is 3.16 bits per heavy atom. The molecule has 104 valence electrons. The minimum absolute atomic E-state index is 0.0707. The zero-order valence-electron chi connectivity index (χ0n) is 10.7. The molecule has 1 amide bonds. The quantitative estimate of drug-likeness (QED) is 0.841. The number of nitrogens with zero attached hydrogens (tertiary/aromatic N) is 1. The molecule has 1 N–H and O–H groups in total. The molecule has 0 radical (unpaired) electrons. The SMILES string of the molecule is COC(=O)Cc1csc(NC(=O)C2CCCOC2)n1. The molecule has 0 aromatic carbocycles. The number of amides is 1. The van der Waals surface area contributed by atoms with Crippen molar-refractivity contribution < 1.29 is 19.1 Å². The first-order chi connectivity index (χ1) is 9.19. The molecular weight excluding hydrogens is 268 g/mol. The fourth-order valence-corrected chi connectivity index (χ4v) is 2.53. The predicted molar refractivity (Wildman–Crippen MR) is 70.0 cm³/mol. The highest BCUT2D eigenvalue weighted by Crippen LogP contribution is 2.19. The monoisotopic (exact) mass is 284 g/mol. The first-order valence-corrected chi connectivity index (χ1v) is 6.97. The second kappa shape index (κ2) is 6.63. The van der Waals surface area contributed by atoms with Crippen LogP contribution in [0.15, 0.2) is 5.38 Å². The van der Waals surface area contributed by atoms with Crippen molar-refractivity contribution in [2.24, 2.45) is 5.92 Å². The number of esters is 1. The van der Waals surface area contributed by atoms with Crippen LogP contribution in [-0.2, 0) is 25.5 Å². The number of methoxy groups -OCH3 is 1. The molecule has 1 aliphatic rings. The van der Waals surface area contributed by atoms with E-state index in [-0.39, 0.29) is 24.2 Å². The van der Waals surface area contributed by atoms with E-state index in [2.05, 4.69) is 15.0 Å². The van der Waals surface area contributed by atoms with Crippen LogP contribution in [0, 0.1) is 5.92 Å². The topological polar surface area (TPSA) is 77.5 Å². The van der Waals surface area contributed by atoms with E-state index in [0.717, 1.165) is 19.4 Å². The van der Waals surface area contributed by atoms with Gasteiger partial charge in [0, 0.05) is 12.0 Å². The van der Waals surface area contributed by atoms with Crippen molar-refractivity contribution in [2.45, 2.75) is 19.3 Å². The Balaban J connectivity index is 1.88. The molecule has 2 heterocycles. The third-order valence-electron chi connectivity index (χ3n) is 2.87. The lowest BCUT2D eigenvalue weighted by molar-refractivity contribution is -0.139. The molecule has 2 rings (SSSR count). The molecule has 1 aliphatic heterocycles. The lowest BCUT2D eigenvalue weighted by Gasteiger charge is -2.20. The first kappa shape index (κ1) is 14.0. The Bertz CT molecular complexity index is 454. The smallest absolute Gasteiger partial charge is 0.311 e. The number of hydrogen-bond donors (Lipinski definition) is 1. The molecule has 1 fully saturated rings. The maximum atomic E-state index is 11.9. The number of nitrogens with one attached hydrogen (secondary N) is 1. The van der Waals surface area contributed by atoms with Gasteiger partial charge >= 0.3 is 5.97 Å². The number of rotatable bonds is 4. The Morgan fingerprint density at radius 1 is 1.63 bits per heavy atom. The third-order valence-corrected chi connectivity index (χ3v) is 3.67. The number of anilines is 1. The average molecular weight is 284 g/mol. The van der Waals surface area contributed by atoms with Crippen LogP contribution < -0.4 is 5.32 Å². The van der Waals surface area contributed by atoms with Gasteiger partial charge in [0.15, 0.2) is 5.13 Å². The lowest BCUT2D eigenvalue weighted by atomic mass is 10.0. The fourth-order valence-electron chi connectivity index (χ4n) is 1.82. The van der Waals surface area contributed by atoms with Crippen LogP contribution in [0.5, 0.6) is 0 Å². The molecule has 0 bridgehead atoms. The van der Waals surface area contributed by atoms with Gasteiger partial charge in [0.25, 0.3) is 0 Å². The molecule has 6 nitrogen and oxygen atoms in total. The van der Waals surface area contributed by atoms with Crippen molar-refractivity contribution >= 4 is 28.3 Å². The van der Waals surface area contributed by atoms with Gasteiger partial charge in [0.05, 0.1) is 31.7 Å². The fraction of sp³-hybridized carbons (Fsp3) is 0.583. The summed E-state index contributed by atoms with van der Waals surface area (Å²) >= 11 is 1.30. The summed E-state index contributed by atoms with van der Waals surface area (Å²) in [7, 11) is 1.33. The number of aromatic nitrogens is 1. The van der Waals surface area contributed by atoms with Crippen LogP contribution >= 0.6 is 11.3 Å². The van der Waals surface area contributed by atoms with E-state index in [9.17, 15) is 9.59 Å². The Morgan fingerprint density at radius 2 is 2.47 bits per heavy atom. The molecule has 0 aliphatic carbocycles. The summed E-state index contributed by atoms with van der Waals surface area (Å²) in [6, 6.07) is 0. The van der Waals surface area contributed by atoms with Gasteiger partial charge in [-0.05, 0) is 12.8 Å². The van der Waals surface area contributed by atoms with Crippen molar-refractivity contribution in [3.05, 3.63) is 11.1 Å². The molecule has 7 heteroatoms. The Kier molecular flexibility index (Phi) is 4.86. The number of carbonyl (C=O) groups is 2. The van der Waals surface area contributed by atoms with Crippen molar-refractivity contribution in [3.8, 4) is 0 Å². The minimum atomic E-state index is -0.344. The zero-order chi connectivity index (χ0) is 13.7. The second-order valence-electron chi connectivity index (χ2n) is 4.30. The van der Waals surface area contributed by atoms with E-state index >= 15 is 0 Å². The van der Waals surface area contributed by atoms with Gasteiger partial charge in [0.1, 0.15) is 0 Å². The van der Waals surface area contributed by atoms with E-state index in [1.807, 2.05) is 0 Å². The van der Waals surface area contributed by atoms with E-state index < -0.39 is 0 Å². The third kappa shape index (κ3) is 4.00. The molecule has 0 spiro atoms. The summed E-state index contributed by atoms with van der Waals surface area (Å²) in [4.78, 5) is 27.2. The predicted octanol–water partition coefficient (Wildman–Crippen LogP) is 1.22. The number of carbonyl (C=O) groups excluding carboxylic acids is 2. The number of hydrogen-bond acceptors (Lipinski definition) is 6. The first-order valence-electron chi connectivity index (χ1n) is 6.09. The van der Waals surface area contributed by atoms with Crippen LogP contribution in [0.25, 0.3) is 0 Å². The number of ether oxygens (including phenoxy) is 2. The van der Waals surface area contributed by atoms with Crippen LogP contribution in [0.2, 0.25) is 0 Å². The largest absolute Gasteiger partial charge is 0.469 e. The average Bonchev–Trinajstić information content (AvgIpc) is 2.86. The van der Waals surface area contributed by atoms with Crippen molar-refractivity contribution in [2.75, 3.05) is 25.6 Å². The highest BCUT2D eigenvalue weighted by molar-refractivity contribution is 7.13. The zero-order valence-corrected chi connectivity index (χ0v) is 11.5. The second-order valence-corrected chi connectivity index (χ2v) is 5.16. The van der Waals surface area contributed by atoms with Gasteiger partial charge in [-0.15, -0.1) is 11.3 Å². The summed E-state index contributed by atoms with van der Waals surface area (Å²) in [5, 5.41) is 5.01. The van der Waals surface area contributed by atoms with E-state index in [0.29, 0.717) is 17.4 Å². The van der Waals surface area contributed by atoms with Gasteiger partial charge in [0.2, 0.25) is 5.91 Å². The highest BCUT2D eigenvalue weighted by Gasteiger charge is 2.22. The van der Waals surface area contributed by atoms with Gasteiger partial charge in [-0.2, -0.15) is 0 Å². The van der Waals surface area contributed by atoms with E-state index in [4.69, 9.17) is 4.74 Å². The molecule has 1 aromatic heterocycles. The summed E-state index contributed by atoms with van der Waals surface area (Å²) in [6.45, 7) is 1.19. The van der Waals surface area contributed by atoms with E-state index in [1.165, 1.54) is 18.4 Å². The normalized spacial score (nSPS) is 18.9. The van der Waals surface area contributed by atoms with Crippen molar-refractivity contribution in [3.63, 3.8) is 0 Å². The molecule has 19 heavy (non-hydrogen) atoms. The maximum Gasteiger partial charge on any atom is 0.311 e. The maximum absolute atomic E-state index is 11.9. The molecule has 1 atom stereocenters. The minimum Gasteiger partial charge on any atom is -0.469 e. The lowest BCUT2D eigenvalue weighted by Crippen LogP contribution is -2.30. The molecule has 1 unspecified atom stereocenters. The molecule has 1 aromatic rings. The van der Waals surface area contributed by atoms with Gasteiger partial charge in [-0.1, -0.05) is 0 Å². The Labute approximate surface area is 115 Å². The standard InChI is InChI=1S/C12H16N2O4S/c1-17-10(15)5-9-7-19-12(13-9)14-11(16)8-3-2-4-18-6-8/h7-8H,2-6H2,1H3,(H,13,14,16). The van der Waals surface area contributed by atoms with E-state index in [1.54, 1.807) is 5.38 Å². The van der Waals surface area contributed by atoms with Crippen molar-refractivity contribution in [1.82, 2.24) is 4.98 Å². The van der Waals surface area contributed by atoms with Gasteiger partial charge in [-0.25, -0.2) is 4.98 Å². The van der Waals surface area contributed by atoms with Crippen LogP contribution in [0.4, 0.5) is 5.13 Å². The summed E-state index contributed by atoms with van der Waals surface area (Å²) in [6.07, 6.45) is 1.87. The van der Waals surface area contributed by atoms with Gasteiger partial charge < -0.3 is 14.8 Å². The van der Waals surface area contributed by atoms with Crippen LogP contribution in [-0.4, -0.2) is 37.2 Å². The summed E-state index contributed by atoms with van der Waals surface area (Å²) in [5.74, 6) is -0.524. The van der Waals surface area contributed by atoms with Gasteiger partial charge in [-0.3, -0.25) is 9.59 Å². The molecule has 1 saturated heterocycles. The highest BCUT2D eigenvalue weighted by atomic mass is 32.1.